The zero-order valence-electron chi connectivity index (χ0n) is 14.8. The number of nitrogens with zero attached hydrogens (tertiary/aromatic N) is 1. The van der Waals surface area contributed by atoms with Gasteiger partial charge in [0.1, 0.15) is 6.17 Å². The number of hydrogen-bond donors (Lipinski definition) is 1. The number of methoxy groups -OCH3 is 3. The first-order valence-corrected chi connectivity index (χ1v) is 8.11. The molecule has 0 bridgehead atoms. The Hall–Kier alpha value is -2.89. The molecule has 25 heavy (non-hydrogen) atoms. The molecular weight excluding hydrogens is 320 g/mol. The molecule has 0 unspecified atom stereocenters. The van der Waals surface area contributed by atoms with Crippen LogP contribution in [0.4, 0.5) is 5.69 Å². The van der Waals surface area contributed by atoms with Crippen molar-refractivity contribution in [1.29, 1.82) is 0 Å². The highest BCUT2D eigenvalue weighted by atomic mass is 16.5. The molecule has 0 radical (unpaired) electrons. The van der Waals surface area contributed by atoms with E-state index in [1.165, 1.54) is 0 Å². The third kappa shape index (κ3) is 2.73. The summed E-state index contributed by atoms with van der Waals surface area (Å²) >= 11 is 0. The average Bonchev–Trinajstić information content (AvgIpc) is 2.66. The molecule has 1 heterocycles. The molecule has 6 heteroatoms. The maximum absolute atomic E-state index is 12.9. The molecule has 0 aromatic heterocycles. The van der Waals surface area contributed by atoms with Gasteiger partial charge >= 0.3 is 0 Å². The minimum absolute atomic E-state index is 0.0151. The van der Waals surface area contributed by atoms with Crippen molar-refractivity contribution in [3.8, 4) is 17.2 Å². The highest BCUT2D eigenvalue weighted by Crippen LogP contribution is 2.45. The minimum atomic E-state index is -0.359. The van der Waals surface area contributed by atoms with Gasteiger partial charge in [0.15, 0.2) is 11.5 Å². The van der Waals surface area contributed by atoms with E-state index in [2.05, 4.69) is 5.32 Å². The molecule has 0 fully saturated rings. The summed E-state index contributed by atoms with van der Waals surface area (Å²) in [4.78, 5) is 14.7. The lowest BCUT2D eigenvalue weighted by molar-refractivity contribution is 0.0692. The Kier molecular flexibility index (Phi) is 4.70. The van der Waals surface area contributed by atoms with Crippen LogP contribution < -0.4 is 19.5 Å². The van der Waals surface area contributed by atoms with Gasteiger partial charge in [-0.3, -0.25) is 4.79 Å². The van der Waals surface area contributed by atoms with Gasteiger partial charge in [-0.15, -0.1) is 0 Å². The standard InChI is InChI=1S/C19H22N2O4/c1-5-21-18(20-14-9-7-6-8-12(14)19(21)22)13-10-11-15(23-2)17(25-4)16(13)24-3/h6-11,18,20H,5H2,1-4H3/t18-/m0/s1. The number of anilines is 1. The van der Waals surface area contributed by atoms with Crippen molar-refractivity contribution in [2.45, 2.75) is 13.1 Å². The highest BCUT2D eigenvalue weighted by molar-refractivity contribution is 6.01. The summed E-state index contributed by atoms with van der Waals surface area (Å²) in [5.74, 6) is 1.61. The van der Waals surface area contributed by atoms with Crippen molar-refractivity contribution in [2.24, 2.45) is 0 Å². The summed E-state index contributed by atoms with van der Waals surface area (Å²) in [6, 6.07) is 11.2. The molecule has 132 valence electrons. The van der Waals surface area contributed by atoms with E-state index < -0.39 is 0 Å². The lowest BCUT2D eigenvalue weighted by Crippen LogP contribution is -2.42. The van der Waals surface area contributed by atoms with E-state index in [-0.39, 0.29) is 12.1 Å². The number of nitrogens with one attached hydrogen (secondary N) is 1. The van der Waals surface area contributed by atoms with E-state index in [1.54, 1.807) is 26.2 Å². The molecule has 3 rings (SSSR count). The normalized spacial score (nSPS) is 16.1. The summed E-state index contributed by atoms with van der Waals surface area (Å²) in [6.07, 6.45) is -0.359. The van der Waals surface area contributed by atoms with E-state index in [1.807, 2.05) is 43.3 Å². The van der Waals surface area contributed by atoms with Crippen molar-refractivity contribution in [2.75, 3.05) is 33.2 Å². The summed E-state index contributed by atoms with van der Waals surface area (Å²) in [5, 5.41) is 3.44. The lowest BCUT2D eigenvalue weighted by Gasteiger charge is -2.38. The first-order valence-electron chi connectivity index (χ1n) is 8.11. The number of fused-ring (bicyclic) bond motifs is 1. The van der Waals surface area contributed by atoms with Gasteiger partial charge in [0.2, 0.25) is 5.75 Å². The SMILES string of the molecule is CCN1C(=O)c2ccccc2N[C@@H]1c1ccc(OC)c(OC)c1OC. The Morgan fingerprint density at radius 2 is 1.72 bits per heavy atom. The van der Waals surface area contributed by atoms with Gasteiger partial charge in [0.05, 0.1) is 26.9 Å². The Labute approximate surface area is 147 Å². The average molecular weight is 342 g/mol. The molecule has 1 aliphatic heterocycles. The van der Waals surface area contributed by atoms with Gasteiger partial charge in [0, 0.05) is 17.8 Å². The first kappa shape index (κ1) is 17.0. The molecule has 0 saturated carbocycles. The Morgan fingerprint density at radius 3 is 2.36 bits per heavy atom. The van der Waals surface area contributed by atoms with E-state index in [0.29, 0.717) is 29.4 Å². The van der Waals surface area contributed by atoms with E-state index >= 15 is 0 Å². The predicted octanol–water partition coefficient (Wildman–Crippen LogP) is 3.30. The van der Waals surface area contributed by atoms with Crippen molar-refractivity contribution < 1.29 is 19.0 Å². The van der Waals surface area contributed by atoms with Crippen LogP contribution in [0, 0.1) is 0 Å². The van der Waals surface area contributed by atoms with Gasteiger partial charge in [-0.05, 0) is 31.2 Å². The molecule has 2 aromatic carbocycles. The predicted molar refractivity (Wildman–Crippen MR) is 95.6 cm³/mol. The molecule has 0 aliphatic carbocycles. The number of rotatable bonds is 5. The fourth-order valence-electron chi connectivity index (χ4n) is 3.20. The van der Waals surface area contributed by atoms with E-state index in [4.69, 9.17) is 14.2 Å². The maximum atomic E-state index is 12.9. The number of ether oxygens (including phenoxy) is 3. The number of carbonyl (C=O) groups excluding carboxylic acids is 1. The number of carbonyl (C=O) groups is 1. The fourth-order valence-corrected chi connectivity index (χ4v) is 3.20. The second-order valence-corrected chi connectivity index (χ2v) is 5.61. The monoisotopic (exact) mass is 342 g/mol. The summed E-state index contributed by atoms with van der Waals surface area (Å²) in [5.41, 5.74) is 2.28. The van der Waals surface area contributed by atoms with Crippen LogP contribution in [0.25, 0.3) is 0 Å². The number of amides is 1. The van der Waals surface area contributed by atoms with Crippen molar-refractivity contribution in [1.82, 2.24) is 4.90 Å². The Bertz CT molecular complexity index is 791. The summed E-state index contributed by atoms with van der Waals surface area (Å²) < 4.78 is 16.4. The van der Waals surface area contributed by atoms with Gasteiger partial charge in [-0.1, -0.05) is 12.1 Å². The second-order valence-electron chi connectivity index (χ2n) is 5.61. The Morgan fingerprint density at radius 1 is 1.00 bits per heavy atom. The van der Waals surface area contributed by atoms with Crippen LogP contribution in [0.1, 0.15) is 29.0 Å². The first-order chi connectivity index (χ1) is 12.2. The van der Waals surface area contributed by atoms with Crippen LogP contribution in [-0.4, -0.2) is 38.7 Å². The van der Waals surface area contributed by atoms with Crippen molar-refractivity contribution in [3.05, 3.63) is 47.5 Å². The highest BCUT2D eigenvalue weighted by Gasteiger charge is 2.34. The van der Waals surface area contributed by atoms with Gasteiger partial charge in [0.25, 0.3) is 5.91 Å². The summed E-state index contributed by atoms with van der Waals surface area (Å²) in [6.45, 7) is 2.51. The van der Waals surface area contributed by atoms with Crippen molar-refractivity contribution in [3.63, 3.8) is 0 Å². The molecule has 0 spiro atoms. The van der Waals surface area contributed by atoms with Crippen LogP contribution in [0.3, 0.4) is 0 Å². The third-order valence-electron chi connectivity index (χ3n) is 4.39. The molecule has 1 amide bonds. The molecule has 1 aliphatic rings. The number of hydrogen-bond acceptors (Lipinski definition) is 5. The maximum Gasteiger partial charge on any atom is 0.257 e. The van der Waals surface area contributed by atoms with Crippen LogP contribution in [0.2, 0.25) is 0 Å². The van der Waals surface area contributed by atoms with Gasteiger partial charge in [-0.25, -0.2) is 0 Å². The van der Waals surface area contributed by atoms with Gasteiger partial charge < -0.3 is 24.4 Å². The van der Waals surface area contributed by atoms with Crippen molar-refractivity contribution >= 4 is 11.6 Å². The molecule has 1 atom stereocenters. The van der Waals surface area contributed by atoms with Crippen LogP contribution in [0.5, 0.6) is 17.2 Å². The van der Waals surface area contributed by atoms with Crippen LogP contribution >= 0.6 is 0 Å². The molecular formula is C19H22N2O4. The number of para-hydroxylation sites is 1. The lowest BCUT2D eigenvalue weighted by atomic mass is 10.0. The van der Waals surface area contributed by atoms with E-state index in [0.717, 1.165) is 11.3 Å². The molecule has 1 N–H and O–H groups in total. The molecule has 2 aromatic rings. The molecule has 6 nitrogen and oxygen atoms in total. The van der Waals surface area contributed by atoms with Crippen LogP contribution in [-0.2, 0) is 0 Å². The van der Waals surface area contributed by atoms with Gasteiger partial charge in [-0.2, -0.15) is 0 Å². The Balaban J connectivity index is 2.14. The largest absolute Gasteiger partial charge is 0.493 e. The quantitative estimate of drug-likeness (QED) is 0.903. The summed E-state index contributed by atoms with van der Waals surface area (Å²) in [7, 11) is 4.72. The number of benzene rings is 2. The fraction of sp³-hybridized carbons (Fsp3) is 0.316. The zero-order valence-corrected chi connectivity index (χ0v) is 14.8. The van der Waals surface area contributed by atoms with E-state index in [9.17, 15) is 4.79 Å². The minimum Gasteiger partial charge on any atom is -0.493 e. The second kappa shape index (κ2) is 6.93. The smallest absolute Gasteiger partial charge is 0.257 e. The third-order valence-corrected chi connectivity index (χ3v) is 4.39. The topological polar surface area (TPSA) is 60.0 Å². The zero-order chi connectivity index (χ0) is 18.0. The van der Waals surface area contributed by atoms with Crippen LogP contribution in [0.15, 0.2) is 36.4 Å². The molecule has 0 saturated heterocycles.